The molecule has 2 aliphatic carbocycles. The molecule has 3 aliphatic rings. The van der Waals surface area contributed by atoms with Gasteiger partial charge < -0.3 is 19.3 Å². The highest BCUT2D eigenvalue weighted by Gasteiger charge is 2.46. The van der Waals surface area contributed by atoms with Crippen LogP contribution in [0.3, 0.4) is 0 Å². The molecular formula is C16H26O4. The number of hydrogen-bond acceptors (Lipinski definition) is 4. The van der Waals surface area contributed by atoms with E-state index in [-0.39, 0.29) is 24.7 Å². The third-order valence-corrected chi connectivity index (χ3v) is 5.09. The van der Waals surface area contributed by atoms with Gasteiger partial charge in [-0.15, -0.1) is 0 Å². The molecule has 4 nitrogen and oxygen atoms in total. The fourth-order valence-electron chi connectivity index (χ4n) is 3.80. The molecule has 20 heavy (non-hydrogen) atoms. The molecule has 1 aliphatic heterocycles. The fraction of sp³-hybridized carbons (Fsp3) is 0.875. The van der Waals surface area contributed by atoms with Gasteiger partial charge in [0.25, 0.3) is 0 Å². The summed E-state index contributed by atoms with van der Waals surface area (Å²) in [5.41, 5.74) is 0. The van der Waals surface area contributed by atoms with Crippen molar-refractivity contribution in [1.29, 1.82) is 0 Å². The fourth-order valence-corrected chi connectivity index (χ4v) is 3.80. The van der Waals surface area contributed by atoms with Crippen molar-refractivity contribution in [2.75, 3.05) is 20.8 Å². The minimum absolute atomic E-state index is 0.0228. The molecule has 5 unspecified atom stereocenters. The predicted octanol–water partition coefficient (Wildman–Crippen LogP) is 2.12. The molecule has 2 fully saturated rings. The van der Waals surface area contributed by atoms with Crippen LogP contribution in [0.4, 0.5) is 0 Å². The molecule has 0 radical (unpaired) electrons. The molecule has 0 aromatic carbocycles. The highest BCUT2D eigenvalue weighted by atomic mass is 16.6. The van der Waals surface area contributed by atoms with Crippen LogP contribution in [0.25, 0.3) is 0 Å². The van der Waals surface area contributed by atoms with Gasteiger partial charge in [-0.05, 0) is 37.2 Å². The highest BCUT2D eigenvalue weighted by Crippen LogP contribution is 2.43. The van der Waals surface area contributed by atoms with E-state index in [1.807, 2.05) is 6.08 Å². The third-order valence-electron chi connectivity index (χ3n) is 5.09. The minimum atomic E-state index is -0.130. The molecule has 0 aromatic rings. The number of hydrogen-bond donors (Lipinski definition) is 1. The van der Waals surface area contributed by atoms with Crippen LogP contribution < -0.4 is 0 Å². The van der Waals surface area contributed by atoms with E-state index < -0.39 is 0 Å². The SMILES string of the molecule is COC1=CC(CO)C2CCC(CC3CC3)OC2C1OC. The van der Waals surface area contributed by atoms with Crippen LogP contribution in [-0.4, -0.2) is 44.2 Å². The van der Waals surface area contributed by atoms with Gasteiger partial charge in [0.15, 0.2) is 0 Å². The maximum Gasteiger partial charge on any atom is 0.140 e. The maximum absolute atomic E-state index is 9.63. The average Bonchev–Trinajstić information content (AvgIpc) is 3.29. The number of methoxy groups -OCH3 is 2. The van der Waals surface area contributed by atoms with Gasteiger partial charge in [-0.1, -0.05) is 12.8 Å². The van der Waals surface area contributed by atoms with Crippen LogP contribution in [0.15, 0.2) is 11.8 Å². The lowest BCUT2D eigenvalue weighted by atomic mass is 9.74. The summed E-state index contributed by atoms with van der Waals surface area (Å²) in [5, 5.41) is 9.63. The lowest BCUT2D eigenvalue weighted by molar-refractivity contribution is -0.162. The number of ether oxygens (including phenoxy) is 3. The Morgan fingerprint density at radius 3 is 2.65 bits per heavy atom. The molecule has 0 spiro atoms. The number of aliphatic hydroxyl groups excluding tert-OH is 1. The van der Waals surface area contributed by atoms with Crippen molar-refractivity contribution in [3.05, 3.63) is 11.8 Å². The van der Waals surface area contributed by atoms with Gasteiger partial charge in [-0.25, -0.2) is 0 Å². The molecule has 0 bridgehead atoms. The average molecular weight is 282 g/mol. The number of rotatable bonds is 5. The molecule has 4 heteroatoms. The lowest BCUT2D eigenvalue weighted by Gasteiger charge is -2.45. The maximum atomic E-state index is 9.63. The quantitative estimate of drug-likeness (QED) is 0.839. The van der Waals surface area contributed by atoms with E-state index in [0.29, 0.717) is 12.0 Å². The molecule has 0 aromatic heterocycles. The second kappa shape index (κ2) is 6.04. The highest BCUT2D eigenvalue weighted by molar-refractivity contribution is 5.15. The van der Waals surface area contributed by atoms with Crippen molar-refractivity contribution >= 4 is 0 Å². The Kier molecular flexibility index (Phi) is 4.34. The Balaban J connectivity index is 1.75. The smallest absolute Gasteiger partial charge is 0.140 e. The lowest BCUT2D eigenvalue weighted by Crippen LogP contribution is -2.50. The zero-order valence-corrected chi connectivity index (χ0v) is 12.5. The first-order valence-corrected chi connectivity index (χ1v) is 7.81. The van der Waals surface area contributed by atoms with Crippen LogP contribution in [0.1, 0.15) is 32.1 Å². The van der Waals surface area contributed by atoms with Gasteiger partial charge in [0, 0.05) is 19.6 Å². The van der Waals surface area contributed by atoms with Gasteiger partial charge in [0.1, 0.15) is 11.9 Å². The van der Waals surface area contributed by atoms with Crippen molar-refractivity contribution in [3.8, 4) is 0 Å². The Hall–Kier alpha value is -0.580. The second-order valence-corrected chi connectivity index (χ2v) is 6.42. The molecular weight excluding hydrogens is 256 g/mol. The van der Waals surface area contributed by atoms with Crippen molar-refractivity contribution in [2.45, 2.75) is 50.4 Å². The zero-order valence-electron chi connectivity index (χ0n) is 12.5. The molecule has 1 N–H and O–H groups in total. The zero-order chi connectivity index (χ0) is 14.1. The molecule has 1 saturated carbocycles. The van der Waals surface area contributed by atoms with E-state index in [1.54, 1.807) is 14.2 Å². The summed E-state index contributed by atoms with van der Waals surface area (Å²) < 4.78 is 17.4. The topological polar surface area (TPSA) is 47.9 Å². The summed E-state index contributed by atoms with van der Waals surface area (Å²) in [6, 6.07) is 0. The summed E-state index contributed by atoms with van der Waals surface area (Å²) in [6.07, 6.45) is 8.42. The van der Waals surface area contributed by atoms with E-state index in [0.717, 1.165) is 24.5 Å². The van der Waals surface area contributed by atoms with Gasteiger partial charge >= 0.3 is 0 Å². The standard InChI is InChI=1S/C16H26O4/c1-18-14-8-11(9-17)13-6-5-12(7-10-3-4-10)20-15(13)16(14)19-2/h8,10-13,15-17H,3-7,9H2,1-2H3. The minimum Gasteiger partial charge on any atom is -0.499 e. The van der Waals surface area contributed by atoms with Crippen LogP contribution >= 0.6 is 0 Å². The summed E-state index contributed by atoms with van der Waals surface area (Å²) in [5.74, 6) is 2.16. The van der Waals surface area contributed by atoms with Crippen LogP contribution in [0.2, 0.25) is 0 Å². The normalized spacial score (nSPS) is 41.0. The first-order chi connectivity index (χ1) is 9.76. The Labute approximate surface area is 121 Å². The summed E-state index contributed by atoms with van der Waals surface area (Å²) in [4.78, 5) is 0. The van der Waals surface area contributed by atoms with Crippen molar-refractivity contribution in [2.24, 2.45) is 17.8 Å². The Morgan fingerprint density at radius 2 is 2.05 bits per heavy atom. The van der Waals surface area contributed by atoms with E-state index in [9.17, 15) is 5.11 Å². The Morgan fingerprint density at radius 1 is 1.25 bits per heavy atom. The Bertz CT molecular complexity index is 363. The molecule has 0 amide bonds. The predicted molar refractivity (Wildman–Crippen MR) is 75.2 cm³/mol. The van der Waals surface area contributed by atoms with Gasteiger partial charge in [-0.3, -0.25) is 0 Å². The second-order valence-electron chi connectivity index (χ2n) is 6.42. The number of fused-ring (bicyclic) bond motifs is 1. The van der Waals surface area contributed by atoms with E-state index in [2.05, 4.69) is 0 Å². The van der Waals surface area contributed by atoms with Crippen molar-refractivity contribution in [1.82, 2.24) is 0 Å². The third kappa shape index (κ3) is 2.74. The van der Waals surface area contributed by atoms with Gasteiger partial charge in [0.2, 0.25) is 0 Å². The van der Waals surface area contributed by atoms with E-state index >= 15 is 0 Å². The van der Waals surface area contributed by atoms with Crippen molar-refractivity contribution < 1.29 is 19.3 Å². The van der Waals surface area contributed by atoms with Gasteiger partial charge in [0.05, 0.1) is 19.3 Å². The van der Waals surface area contributed by atoms with E-state index in [1.165, 1.54) is 19.3 Å². The molecule has 114 valence electrons. The van der Waals surface area contributed by atoms with Crippen LogP contribution in [0.5, 0.6) is 0 Å². The molecule has 3 rings (SSSR count). The summed E-state index contributed by atoms with van der Waals surface area (Å²) in [7, 11) is 3.37. The molecule has 5 atom stereocenters. The summed E-state index contributed by atoms with van der Waals surface area (Å²) >= 11 is 0. The molecule has 1 heterocycles. The first kappa shape index (κ1) is 14.4. The molecule has 1 saturated heterocycles. The number of aliphatic hydroxyl groups is 1. The van der Waals surface area contributed by atoms with Gasteiger partial charge in [-0.2, -0.15) is 0 Å². The van der Waals surface area contributed by atoms with Crippen LogP contribution in [-0.2, 0) is 14.2 Å². The largest absolute Gasteiger partial charge is 0.499 e. The monoisotopic (exact) mass is 282 g/mol. The summed E-state index contributed by atoms with van der Waals surface area (Å²) in [6.45, 7) is 0.154. The van der Waals surface area contributed by atoms with Crippen molar-refractivity contribution in [3.63, 3.8) is 0 Å². The first-order valence-electron chi connectivity index (χ1n) is 7.81. The van der Waals surface area contributed by atoms with E-state index in [4.69, 9.17) is 14.2 Å². The van der Waals surface area contributed by atoms with Crippen LogP contribution in [0, 0.1) is 17.8 Å².